The Morgan fingerprint density at radius 2 is 1.72 bits per heavy atom. The summed E-state index contributed by atoms with van der Waals surface area (Å²) in [5, 5.41) is 9.73. The number of amides is 2. The van der Waals surface area contributed by atoms with Crippen molar-refractivity contribution in [1.29, 1.82) is 0 Å². The zero-order valence-electron chi connectivity index (χ0n) is 18.8. The number of para-hydroxylation sites is 1. The van der Waals surface area contributed by atoms with Gasteiger partial charge in [0, 0.05) is 23.1 Å². The molecule has 4 atom stereocenters. The number of rotatable bonds is 2. The van der Waals surface area contributed by atoms with Crippen LogP contribution in [0.15, 0.2) is 81.9 Å². The molecular weight excluding hydrogens is 529 g/mol. The van der Waals surface area contributed by atoms with Crippen molar-refractivity contribution in [2.24, 2.45) is 17.8 Å². The maximum absolute atomic E-state index is 14.4. The number of aromatic hydroxyl groups is 1. The van der Waals surface area contributed by atoms with E-state index in [1.165, 1.54) is 23.1 Å². The molecule has 2 aromatic rings. The van der Waals surface area contributed by atoms with E-state index in [0.29, 0.717) is 17.7 Å². The van der Waals surface area contributed by atoms with E-state index in [1.54, 1.807) is 30.3 Å². The Labute approximate surface area is 213 Å². The van der Waals surface area contributed by atoms with E-state index in [2.05, 4.69) is 15.9 Å². The Morgan fingerprint density at radius 3 is 2.44 bits per heavy atom. The predicted octanol–water partition coefficient (Wildman–Crippen LogP) is 4.50. The number of phenols is 1. The molecule has 6 rings (SSSR count). The molecule has 1 fully saturated rings. The van der Waals surface area contributed by atoms with Crippen molar-refractivity contribution in [3.05, 3.63) is 93.3 Å². The first-order valence-corrected chi connectivity index (χ1v) is 12.4. The molecule has 180 valence electrons. The monoisotopic (exact) mass is 547 g/mol. The van der Waals surface area contributed by atoms with Gasteiger partial charge in [-0.15, -0.1) is 0 Å². The molecule has 4 unspecified atom stereocenters. The van der Waals surface area contributed by atoms with E-state index in [0.717, 1.165) is 11.6 Å². The van der Waals surface area contributed by atoms with Gasteiger partial charge in [0.1, 0.15) is 0 Å². The third kappa shape index (κ3) is 3.20. The number of halogens is 2. The topological polar surface area (TPSA) is 91.8 Å². The number of ketones is 2. The van der Waals surface area contributed by atoms with Crippen molar-refractivity contribution < 1.29 is 28.7 Å². The number of benzene rings is 2. The Balaban J connectivity index is 1.50. The summed E-state index contributed by atoms with van der Waals surface area (Å²) in [4.78, 5) is 54.6. The standard InChI is InChI=1S/C28H19BrFNO5/c29-19-12-22(33)25-18(26(19)34)11-17-15(23(25)13-6-9-21(32)20(30)10-13)7-8-16-24(17)28(36)31(27(16)35)14-4-2-1-3-5-14/h1-7,9-10,12,16-17,23-24,32H,8,11H2. The number of hydrogen-bond acceptors (Lipinski definition) is 5. The van der Waals surface area contributed by atoms with Crippen molar-refractivity contribution in [3.63, 3.8) is 0 Å². The molecule has 1 heterocycles. The van der Waals surface area contributed by atoms with Gasteiger partial charge in [0.2, 0.25) is 11.8 Å². The quantitative estimate of drug-likeness (QED) is 0.339. The van der Waals surface area contributed by atoms with E-state index in [9.17, 15) is 28.7 Å². The predicted molar refractivity (Wildman–Crippen MR) is 132 cm³/mol. The van der Waals surface area contributed by atoms with Crippen LogP contribution in [0.4, 0.5) is 10.1 Å². The second-order valence-electron chi connectivity index (χ2n) is 9.45. The van der Waals surface area contributed by atoms with Crippen LogP contribution in [0, 0.1) is 23.6 Å². The van der Waals surface area contributed by atoms with Crippen LogP contribution in [0.5, 0.6) is 5.75 Å². The average molecular weight is 548 g/mol. The van der Waals surface area contributed by atoms with Crippen molar-refractivity contribution in [2.75, 3.05) is 4.90 Å². The fourth-order valence-corrected chi connectivity index (χ4v) is 6.57. The number of hydrogen-bond donors (Lipinski definition) is 1. The Morgan fingerprint density at radius 1 is 0.972 bits per heavy atom. The minimum atomic E-state index is -0.847. The van der Waals surface area contributed by atoms with Crippen molar-refractivity contribution >= 4 is 45.0 Å². The molecule has 0 radical (unpaired) electrons. The molecule has 8 heteroatoms. The average Bonchev–Trinajstić information content (AvgIpc) is 3.13. The van der Waals surface area contributed by atoms with E-state index in [4.69, 9.17) is 0 Å². The summed E-state index contributed by atoms with van der Waals surface area (Å²) < 4.78 is 14.5. The number of Topliss-reactive ketones (excluding diaryl/α,β-unsaturated/α-hetero) is 1. The smallest absolute Gasteiger partial charge is 0.238 e. The SMILES string of the molecule is O=C1C=C(Br)C(=O)C2=C1C(c1ccc(O)c(F)c1)C1=CCC3C(=O)N(c4ccccc4)C(=O)C3C1C2. The van der Waals surface area contributed by atoms with Crippen LogP contribution < -0.4 is 4.90 Å². The molecule has 1 saturated heterocycles. The van der Waals surface area contributed by atoms with E-state index in [1.807, 2.05) is 6.08 Å². The number of carbonyl (C=O) groups is 4. The minimum Gasteiger partial charge on any atom is -0.505 e. The van der Waals surface area contributed by atoms with Gasteiger partial charge >= 0.3 is 0 Å². The molecule has 2 amide bonds. The maximum atomic E-state index is 14.4. The Bertz CT molecular complexity index is 1470. The lowest BCUT2D eigenvalue weighted by Gasteiger charge is -2.42. The summed E-state index contributed by atoms with van der Waals surface area (Å²) in [7, 11) is 0. The molecular formula is C28H19BrFNO5. The number of fused-ring (bicyclic) bond motifs is 3. The highest BCUT2D eigenvalue weighted by Crippen LogP contribution is 2.55. The molecule has 36 heavy (non-hydrogen) atoms. The lowest BCUT2D eigenvalue weighted by molar-refractivity contribution is -0.123. The molecule has 3 aliphatic carbocycles. The highest BCUT2D eigenvalue weighted by Gasteiger charge is 2.56. The zero-order valence-corrected chi connectivity index (χ0v) is 20.4. The number of carbonyl (C=O) groups excluding carboxylic acids is 4. The zero-order chi connectivity index (χ0) is 25.3. The second-order valence-corrected chi connectivity index (χ2v) is 10.3. The lowest BCUT2D eigenvalue weighted by Crippen LogP contribution is -2.39. The molecule has 4 aliphatic rings. The normalized spacial score (nSPS) is 27.4. The Kier molecular flexibility index (Phi) is 5.19. The molecule has 2 aromatic carbocycles. The van der Waals surface area contributed by atoms with Crippen LogP contribution in [0.3, 0.4) is 0 Å². The third-order valence-corrected chi connectivity index (χ3v) is 8.24. The van der Waals surface area contributed by atoms with Crippen LogP contribution in [0.2, 0.25) is 0 Å². The molecule has 0 bridgehead atoms. The molecule has 0 aromatic heterocycles. The van der Waals surface area contributed by atoms with Crippen molar-refractivity contribution in [1.82, 2.24) is 0 Å². The molecule has 1 N–H and O–H groups in total. The summed E-state index contributed by atoms with van der Waals surface area (Å²) in [6.45, 7) is 0. The summed E-state index contributed by atoms with van der Waals surface area (Å²) in [6, 6.07) is 12.6. The number of nitrogens with zero attached hydrogens (tertiary/aromatic N) is 1. The first-order chi connectivity index (χ1) is 17.3. The lowest BCUT2D eigenvalue weighted by atomic mass is 9.59. The van der Waals surface area contributed by atoms with E-state index in [-0.39, 0.29) is 45.4 Å². The van der Waals surface area contributed by atoms with Gasteiger partial charge in [0.15, 0.2) is 23.1 Å². The summed E-state index contributed by atoms with van der Waals surface area (Å²) in [6.07, 6.45) is 3.52. The van der Waals surface area contributed by atoms with Crippen LogP contribution in [-0.4, -0.2) is 28.5 Å². The number of imide groups is 1. The van der Waals surface area contributed by atoms with Crippen LogP contribution in [0.25, 0.3) is 0 Å². The van der Waals surface area contributed by atoms with E-state index >= 15 is 0 Å². The molecule has 1 aliphatic heterocycles. The van der Waals surface area contributed by atoms with Crippen LogP contribution in [-0.2, 0) is 19.2 Å². The fraction of sp³-hybridized carbons (Fsp3) is 0.214. The number of phenolic OH excluding ortho intramolecular Hbond substituents is 1. The molecule has 0 spiro atoms. The van der Waals surface area contributed by atoms with Gasteiger partial charge < -0.3 is 5.11 Å². The summed E-state index contributed by atoms with van der Waals surface area (Å²) >= 11 is 3.18. The number of anilines is 1. The van der Waals surface area contributed by atoms with Gasteiger partial charge in [-0.3, -0.25) is 24.1 Å². The largest absolute Gasteiger partial charge is 0.505 e. The van der Waals surface area contributed by atoms with Crippen molar-refractivity contribution in [3.8, 4) is 5.75 Å². The molecule has 0 saturated carbocycles. The first kappa shape index (κ1) is 22.8. The van der Waals surface area contributed by atoms with Crippen molar-refractivity contribution in [2.45, 2.75) is 18.8 Å². The van der Waals surface area contributed by atoms with Gasteiger partial charge in [0.05, 0.1) is 22.0 Å². The van der Waals surface area contributed by atoms with Gasteiger partial charge in [-0.1, -0.05) is 35.9 Å². The highest BCUT2D eigenvalue weighted by atomic mass is 79.9. The van der Waals surface area contributed by atoms with Gasteiger partial charge in [-0.2, -0.15) is 0 Å². The summed E-state index contributed by atoms with van der Waals surface area (Å²) in [5.74, 6) is -5.28. The highest BCUT2D eigenvalue weighted by molar-refractivity contribution is 9.12. The Hall–Kier alpha value is -3.65. The second kappa shape index (κ2) is 8.20. The van der Waals surface area contributed by atoms with Gasteiger partial charge in [-0.05, 0) is 64.5 Å². The maximum Gasteiger partial charge on any atom is 0.238 e. The van der Waals surface area contributed by atoms with Crippen LogP contribution >= 0.6 is 15.9 Å². The van der Waals surface area contributed by atoms with Gasteiger partial charge in [-0.25, -0.2) is 4.39 Å². The minimum absolute atomic E-state index is 0.126. The fourth-order valence-electron chi connectivity index (χ4n) is 6.12. The summed E-state index contributed by atoms with van der Waals surface area (Å²) in [5.41, 5.74) is 2.14. The third-order valence-electron chi connectivity index (χ3n) is 7.65. The van der Waals surface area contributed by atoms with E-state index < -0.39 is 35.2 Å². The number of allylic oxidation sites excluding steroid dienone is 6. The molecule has 6 nitrogen and oxygen atoms in total. The van der Waals surface area contributed by atoms with Gasteiger partial charge in [0.25, 0.3) is 0 Å². The first-order valence-electron chi connectivity index (χ1n) is 11.6. The van der Waals surface area contributed by atoms with Crippen LogP contribution in [0.1, 0.15) is 24.3 Å².